The monoisotopic (exact) mass is 261 g/mol. The SMILES string of the molecule is COC(=O)C(N)Cc1cn(CC2C=CC=CC2)cn1. The summed E-state index contributed by atoms with van der Waals surface area (Å²) in [6.07, 6.45) is 13.7. The number of ether oxygens (including phenoxy) is 1. The number of allylic oxidation sites excluding steroid dienone is 4. The predicted octanol–water partition coefficient (Wildman–Crippen LogP) is 1.06. The molecule has 1 heterocycles. The topological polar surface area (TPSA) is 70.1 Å². The molecule has 1 aromatic rings. The fourth-order valence-electron chi connectivity index (χ4n) is 2.11. The number of esters is 1. The molecule has 0 aliphatic heterocycles. The summed E-state index contributed by atoms with van der Waals surface area (Å²) in [6.45, 7) is 0.890. The molecule has 0 saturated carbocycles. The van der Waals surface area contributed by atoms with E-state index >= 15 is 0 Å². The normalized spacial score (nSPS) is 19.4. The van der Waals surface area contributed by atoms with Gasteiger partial charge in [0.2, 0.25) is 0 Å². The predicted molar refractivity (Wildman–Crippen MR) is 72.3 cm³/mol. The summed E-state index contributed by atoms with van der Waals surface area (Å²) in [5.74, 6) is 0.0937. The summed E-state index contributed by atoms with van der Waals surface area (Å²) >= 11 is 0. The lowest BCUT2D eigenvalue weighted by Crippen LogP contribution is -2.33. The fraction of sp³-hybridized carbons (Fsp3) is 0.429. The van der Waals surface area contributed by atoms with Crippen molar-refractivity contribution >= 4 is 5.97 Å². The number of carbonyl (C=O) groups excluding carboxylic acids is 1. The second-order valence-corrected chi connectivity index (χ2v) is 4.70. The van der Waals surface area contributed by atoms with Gasteiger partial charge in [-0.25, -0.2) is 4.98 Å². The van der Waals surface area contributed by atoms with Crippen molar-refractivity contribution in [1.29, 1.82) is 0 Å². The lowest BCUT2D eigenvalue weighted by atomic mass is 10.0. The van der Waals surface area contributed by atoms with Crippen LogP contribution in [0, 0.1) is 5.92 Å². The molecule has 0 bridgehead atoms. The zero-order chi connectivity index (χ0) is 13.7. The molecular weight excluding hydrogens is 242 g/mol. The standard InChI is InChI=1S/C14H19N3O2/c1-19-14(18)13(15)7-12-9-17(10-16-12)8-11-5-3-2-4-6-11/h2-5,9-11,13H,6-8,15H2,1H3. The molecule has 102 valence electrons. The van der Waals surface area contributed by atoms with Crippen LogP contribution in [0.3, 0.4) is 0 Å². The van der Waals surface area contributed by atoms with E-state index in [4.69, 9.17) is 5.73 Å². The van der Waals surface area contributed by atoms with Crippen LogP contribution in [0.2, 0.25) is 0 Å². The van der Waals surface area contributed by atoms with E-state index in [0.717, 1.165) is 18.7 Å². The number of nitrogens with zero attached hydrogens (tertiary/aromatic N) is 2. The van der Waals surface area contributed by atoms with E-state index in [2.05, 4.69) is 34.0 Å². The Balaban J connectivity index is 1.90. The van der Waals surface area contributed by atoms with Crippen LogP contribution in [0.5, 0.6) is 0 Å². The molecule has 2 rings (SSSR count). The highest BCUT2D eigenvalue weighted by atomic mass is 16.5. The van der Waals surface area contributed by atoms with E-state index in [1.54, 1.807) is 6.33 Å². The van der Waals surface area contributed by atoms with Gasteiger partial charge in [0.05, 0.1) is 19.1 Å². The Morgan fingerprint density at radius 2 is 2.47 bits per heavy atom. The summed E-state index contributed by atoms with van der Waals surface area (Å²) in [4.78, 5) is 15.5. The number of imidazole rings is 1. The quantitative estimate of drug-likeness (QED) is 0.805. The molecular formula is C14H19N3O2. The van der Waals surface area contributed by atoms with Gasteiger partial charge in [-0.15, -0.1) is 0 Å². The van der Waals surface area contributed by atoms with Gasteiger partial charge in [0, 0.05) is 19.2 Å². The van der Waals surface area contributed by atoms with Gasteiger partial charge in [0.15, 0.2) is 0 Å². The van der Waals surface area contributed by atoms with E-state index in [1.165, 1.54) is 7.11 Å². The molecule has 1 aliphatic carbocycles. The van der Waals surface area contributed by atoms with E-state index in [0.29, 0.717) is 12.3 Å². The van der Waals surface area contributed by atoms with Crippen LogP contribution in [0.25, 0.3) is 0 Å². The van der Waals surface area contributed by atoms with Crippen molar-refractivity contribution in [3.63, 3.8) is 0 Å². The Bertz CT molecular complexity index is 491. The first-order valence-corrected chi connectivity index (χ1v) is 6.36. The van der Waals surface area contributed by atoms with Crippen LogP contribution in [-0.2, 0) is 22.5 Å². The van der Waals surface area contributed by atoms with Crippen molar-refractivity contribution in [3.8, 4) is 0 Å². The average Bonchev–Trinajstić information content (AvgIpc) is 2.86. The van der Waals surface area contributed by atoms with Crippen molar-refractivity contribution < 1.29 is 9.53 Å². The molecule has 0 amide bonds. The summed E-state index contributed by atoms with van der Waals surface area (Å²) < 4.78 is 6.63. The van der Waals surface area contributed by atoms with E-state index < -0.39 is 12.0 Å². The minimum absolute atomic E-state index is 0.403. The number of methoxy groups -OCH3 is 1. The molecule has 2 unspecified atom stereocenters. The van der Waals surface area contributed by atoms with Crippen LogP contribution in [0.4, 0.5) is 0 Å². The fourth-order valence-corrected chi connectivity index (χ4v) is 2.11. The Morgan fingerprint density at radius 1 is 1.63 bits per heavy atom. The van der Waals surface area contributed by atoms with E-state index in [9.17, 15) is 4.79 Å². The number of rotatable bonds is 5. The third-order valence-corrected chi connectivity index (χ3v) is 3.13. The molecule has 1 aliphatic rings. The zero-order valence-electron chi connectivity index (χ0n) is 11.0. The van der Waals surface area contributed by atoms with Crippen molar-refractivity contribution in [2.75, 3.05) is 7.11 Å². The van der Waals surface area contributed by atoms with E-state index in [1.807, 2.05) is 10.8 Å². The lowest BCUT2D eigenvalue weighted by Gasteiger charge is -2.13. The number of nitrogens with two attached hydrogens (primary N) is 1. The summed E-state index contributed by atoms with van der Waals surface area (Å²) in [6, 6.07) is -0.647. The van der Waals surface area contributed by atoms with Crippen LogP contribution >= 0.6 is 0 Å². The maximum absolute atomic E-state index is 11.2. The van der Waals surface area contributed by atoms with Crippen molar-refractivity contribution in [2.45, 2.75) is 25.4 Å². The highest BCUT2D eigenvalue weighted by Crippen LogP contribution is 2.14. The molecule has 0 saturated heterocycles. The van der Waals surface area contributed by atoms with Gasteiger partial charge in [0.1, 0.15) is 6.04 Å². The smallest absolute Gasteiger partial charge is 0.323 e. The van der Waals surface area contributed by atoms with E-state index in [-0.39, 0.29) is 0 Å². The van der Waals surface area contributed by atoms with Gasteiger partial charge in [0.25, 0.3) is 0 Å². The summed E-state index contributed by atoms with van der Waals surface area (Å²) in [5, 5.41) is 0. The second-order valence-electron chi connectivity index (χ2n) is 4.70. The second kappa shape index (κ2) is 6.33. The van der Waals surface area contributed by atoms with Gasteiger partial charge in [-0.05, 0) is 12.3 Å². The third kappa shape index (κ3) is 3.79. The van der Waals surface area contributed by atoms with Gasteiger partial charge in [-0.1, -0.05) is 24.3 Å². The molecule has 1 aromatic heterocycles. The summed E-state index contributed by atoms with van der Waals surface area (Å²) in [5.41, 5.74) is 6.52. The van der Waals surface area contributed by atoms with Crippen molar-refractivity contribution in [2.24, 2.45) is 11.7 Å². The Morgan fingerprint density at radius 3 is 3.16 bits per heavy atom. The average molecular weight is 261 g/mol. The maximum Gasteiger partial charge on any atom is 0.323 e. The first kappa shape index (κ1) is 13.5. The molecule has 5 heteroatoms. The Labute approximate surface area is 112 Å². The Kier molecular flexibility index (Phi) is 4.52. The highest BCUT2D eigenvalue weighted by molar-refractivity contribution is 5.75. The molecule has 19 heavy (non-hydrogen) atoms. The largest absolute Gasteiger partial charge is 0.468 e. The zero-order valence-corrected chi connectivity index (χ0v) is 11.0. The first-order valence-electron chi connectivity index (χ1n) is 6.36. The maximum atomic E-state index is 11.2. The summed E-state index contributed by atoms with van der Waals surface area (Å²) in [7, 11) is 1.34. The van der Waals surface area contributed by atoms with Crippen LogP contribution in [-0.4, -0.2) is 28.7 Å². The first-order chi connectivity index (χ1) is 9.19. The number of hydrogen-bond donors (Lipinski definition) is 1. The molecule has 0 spiro atoms. The minimum Gasteiger partial charge on any atom is -0.468 e. The van der Waals surface area contributed by atoms with Gasteiger partial charge >= 0.3 is 5.97 Å². The highest BCUT2D eigenvalue weighted by Gasteiger charge is 2.16. The van der Waals surface area contributed by atoms with Crippen LogP contribution in [0.1, 0.15) is 12.1 Å². The molecule has 0 radical (unpaired) electrons. The molecule has 2 N–H and O–H groups in total. The van der Waals surface area contributed by atoms with Crippen LogP contribution in [0.15, 0.2) is 36.8 Å². The third-order valence-electron chi connectivity index (χ3n) is 3.13. The number of carbonyl (C=O) groups is 1. The van der Waals surface area contributed by atoms with Gasteiger partial charge in [-0.3, -0.25) is 4.79 Å². The number of aromatic nitrogens is 2. The Hall–Kier alpha value is -1.88. The minimum atomic E-state index is -0.647. The van der Waals surface area contributed by atoms with Crippen LogP contribution < -0.4 is 5.73 Å². The lowest BCUT2D eigenvalue weighted by molar-refractivity contribution is -0.142. The van der Waals surface area contributed by atoms with Crippen molar-refractivity contribution in [3.05, 3.63) is 42.5 Å². The molecule has 0 fully saturated rings. The van der Waals surface area contributed by atoms with Gasteiger partial charge < -0.3 is 15.0 Å². The van der Waals surface area contributed by atoms with Crippen molar-refractivity contribution in [1.82, 2.24) is 9.55 Å². The molecule has 2 atom stereocenters. The molecule has 0 aromatic carbocycles. The van der Waals surface area contributed by atoms with Gasteiger partial charge in [-0.2, -0.15) is 0 Å². The number of hydrogen-bond acceptors (Lipinski definition) is 4. The molecule has 5 nitrogen and oxygen atoms in total.